The number of H-pyrrole nitrogens is 1. The Kier molecular flexibility index (Phi) is 9.27. The van der Waals surface area contributed by atoms with Crippen molar-refractivity contribution in [3.63, 3.8) is 0 Å². The first kappa shape index (κ1) is 39.2. The average molecular weight is 882 g/mol. The molecule has 5 heteroatoms. The normalized spacial score (nSPS) is 12.8. The highest BCUT2D eigenvalue weighted by atomic mass is 15.1. The van der Waals surface area contributed by atoms with Gasteiger partial charge in [0.2, 0.25) is 0 Å². The molecule has 330 valence electrons. The molecular weight excluding hydrogens is 827 g/mol. The fourth-order valence-electron chi connectivity index (χ4n) is 10.3. The Hall–Kier alpha value is -8.02. The number of rotatable bonds is 9. The van der Waals surface area contributed by atoms with Crippen LogP contribution in [0, 0.1) is 13.8 Å². The molecule has 1 N–H and O–H groups in total. The third-order valence-corrected chi connectivity index (χ3v) is 14.1. The summed E-state index contributed by atoms with van der Waals surface area (Å²) in [7, 11) is 0. The number of nitrogens with zero attached hydrogens (tertiary/aromatic N) is 4. The van der Waals surface area contributed by atoms with E-state index >= 15 is 0 Å². The molecule has 0 saturated carbocycles. The van der Waals surface area contributed by atoms with Crippen LogP contribution in [0.2, 0.25) is 0 Å². The maximum Gasteiger partial charge on any atom is 0.147 e. The summed E-state index contributed by atoms with van der Waals surface area (Å²) in [6, 6.07) is 63.8. The molecule has 0 fully saturated rings. The Morgan fingerprint density at radius 3 is 2.15 bits per heavy atom. The second-order valence-corrected chi connectivity index (χ2v) is 19.2. The van der Waals surface area contributed by atoms with Gasteiger partial charge in [-0.15, -0.1) is 0 Å². The van der Waals surface area contributed by atoms with Gasteiger partial charge in [0, 0.05) is 58.2 Å². The maximum atomic E-state index is 9.75. The molecule has 0 saturated heterocycles. The van der Waals surface area contributed by atoms with E-state index in [0.717, 1.165) is 100.0 Å². The van der Waals surface area contributed by atoms with E-state index in [4.69, 9.17) is 9.97 Å². The molecular formula is C63H53N5. The van der Waals surface area contributed by atoms with E-state index in [-0.39, 0.29) is 0 Å². The minimum Gasteiger partial charge on any atom is -0.354 e. The largest absolute Gasteiger partial charge is 0.354 e. The molecule has 0 bridgehead atoms. The Morgan fingerprint density at radius 1 is 0.603 bits per heavy atom. The minimum absolute atomic E-state index is 0.363. The molecule has 0 unspecified atom stereocenters. The molecule has 8 aromatic carbocycles. The summed E-state index contributed by atoms with van der Waals surface area (Å²) in [5, 5.41) is 4.29. The number of fused-ring (bicyclic) bond motifs is 7. The van der Waals surface area contributed by atoms with Crippen molar-refractivity contribution in [3.8, 4) is 33.9 Å². The van der Waals surface area contributed by atoms with Gasteiger partial charge in [-0.1, -0.05) is 142 Å². The van der Waals surface area contributed by atoms with Crippen molar-refractivity contribution >= 4 is 54.8 Å². The lowest BCUT2D eigenvalue weighted by atomic mass is 9.77. The van der Waals surface area contributed by atoms with Crippen molar-refractivity contribution in [2.45, 2.75) is 59.2 Å². The molecule has 0 aliphatic rings. The second-order valence-electron chi connectivity index (χ2n) is 19.2. The monoisotopic (exact) mass is 881 g/mol. The van der Waals surface area contributed by atoms with E-state index in [1.54, 1.807) is 0 Å². The Morgan fingerprint density at radius 2 is 1.37 bits per heavy atom. The van der Waals surface area contributed by atoms with Crippen LogP contribution in [0.25, 0.3) is 88.7 Å². The van der Waals surface area contributed by atoms with Gasteiger partial charge in [0.05, 0.1) is 27.8 Å². The molecule has 5 nitrogen and oxygen atoms in total. The van der Waals surface area contributed by atoms with Gasteiger partial charge in [0.1, 0.15) is 11.5 Å². The first-order valence-electron chi connectivity index (χ1n) is 24.7. The molecule has 4 heterocycles. The van der Waals surface area contributed by atoms with Crippen molar-refractivity contribution < 1.29 is 2.74 Å². The van der Waals surface area contributed by atoms with E-state index in [1.165, 1.54) is 16.5 Å². The SMILES string of the molecule is [2H]C([2H])(c1ccccc1)c1cc(-c2nc3c(-c4ccc(C)c(-n5c6cc(C(C)C)ccc6c6cccnc65)c4)cc(C(C)(C)c4ccccc4)cc3n2-c2ccccc2)c2[nH]c3ccc(C)cc3c2c1. The van der Waals surface area contributed by atoms with Gasteiger partial charge >= 0.3 is 0 Å². The number of para-hydroxylation sites is 1. The molecule has 0 amide bonds. The highest BCUT2D eigenvalue weighted by molar-refractivity contribution is 6.13. The summed E-state index contributed by atoms with van der Waals surface area (Å²) in [5.41, 5.74) is 17.3. The molecule has 68 heavy (non-hydrogen) atoms. The number of hydrogen-bond acceptors (Lipinski definition) is 2. The maximum absolute atomic E-state index is 9.75. The topological polar surface area (TPSA) is 51.4 Å². The van der Waals surface area contributed by atoms with Crippen molar-refractivity contribution in [2.24, 2.45) is 0 Å². The predicted octanol–water partition coefficient (Wildman–Crippen LogP) is 16.1. The lowest BCUT2D eigenvalue weighted by molar-refractivity contribution is 0.642. The molecule has 0 atom stereocenters. The Balaban J connectivity index is 1.20. The van der Waals surface area contributed by atoms with Crippen molar-refractivity contribution in [1.82, 2.24) is 24.1 Å². The van der Waals surface area contributed by atoms with E-state index in [2.05, 4.69) is 183 Å². The lowest BCUT2D eigenvalue weighted by Gasteiger charge is -2.27. The van der Waals surface area contributed by atoms with E-state index in [1.807, 2.05) is 60.8 Å². The van der Waals surface area contributed by atoms with Crippen molar-refractivity contribution in [3.05, 3.63) is 227 Å². The van der Waals surface area contributed by atoms with Crippen LogP contribution < -0.4 is 0 Å². The Labute approximate surface area is 400 Å². The number of hydrogen-bond donors (Lipinski definition) is 1. The number of imidazole rings is 1. The van der Waals surface area contributed by atoms with Gasteiger partial charge in [0.15, 0.2) is 0 Å². The fraction of sp³-hybridized carbons (Fsp3) is 0.143. The molecule has 0 radical (unpaired) electrons. The van der Waals surface area contributed by atoms with Crippen LogP contribution in [0.4, 0.5) is 0 Å². The number of benzene rings is 8. The molecule has 0 aliphatic heterocycles. The van der Waals surface area contributed by atoms with Gasteiger partial charge in [-0.25, -0.2) is 9.97 Å². The smallest absolute Gasteiger partial charge is 0.147 e. The summed E-state index contributed by atoms with van der Waals surface area (Å²) >= 11 is 0. The number of nitrogens with one attached hydrogen (secondary N) is 1. The predicted molar refractivity (Wildman–Crippen MR) is 285 cm³/mol. The van der Waals surface area contributed by atoms with Crippen LogP contribution in [-0.4, -0.2) is 24.1 Å². The average Bonchev–Trinajstić information content (AvgIpc) is 4.06. The number of aryl methyl sites for hydroxylation is 2. The highest BCUT2D eigenvalue weighted by Crippen LogP contribution is 2.44. The van der Waals surface area contributed by atoms with E-state index in [9.17, 15) is 2.74 Å². The van der Waals surface area contributed by atoms with Gasteiger partial charge < -0.3 is 4.98 Å². The van der Waals surface area contributed by atoms with Crippen LogP contribution in [0.3, 0.4) is 0 Å². The van der Waals surface area contributed by atoms with E-state index < -0.39 is 11.8 Å². The lowest BCUT2D eigenvalue weighted by Crippen LogP contribution is -2.19. The quantitative estimate of drug-likeness (QED) is 0.157. The van der Waals surface area contributed by atoms with Crippen LogP contribution in [0.5, 0.6) is 0 Å². The molecule has 4 aromatic heterocycles. The number of aromatic nitrogens is 5. The summed E-state index contributed by atoms with van der Waals surface area (Å²) in [5.74, 6) is 1.08. The van der Waals surface area contributed by atoms with Gasteiger partial charge in [-0.05, 0) is 138 Å². The van der Waals surface area contributed by atoms with Gasteiger partial charge in [0.25, 0.3) is 0 Å². The van der Waals surface area contributed by atoms with E-state index in [0.29, 0.717) is 17.0 Å². The molecule has 12 rings (SSSR count). The fourth-order valence-corrected chi connectivity index (χ4v) is 10.3. The Bertz CT molecular complexity index is 3990. The van der Waals surface area contributed by atoms with Crippen molar-refractivity contribution in [1.29, 1.82) is 0 Å². The molecule has 12 aromatic rings. The zero-order valence-electron chi connectivity index (χ0n) is 41.3. The zero-order chi connectivity index (χ0) is 48.1. The minimum atomic E-state index is -1.81. The van der Waals surface area contributed by atoms with Crippen LogP contribution in [-0.2, 0) is 11.8 Å². The van der Waals surface area contributed by atoms with Gasteiger partial charge in [-0.3, -0.25) is 9.13 Å². The van der Waals surface area contributed by atoms with Crippen LogP contribution in [0.15, 0.2) is 188 Å². The second kappa shape index (κ2) is 16.1. The first-order valence-corrected chi connectivity index (χ1v) is 23.7. The zero-order valence-corrected chi connectivity index (χ0v) is 39.3. The third-order valence-electron chi connectivity index (χ3n) is 14.1. The summed E-state index contributed by atoms with van der Waals surface area (Å²) in [6.07, 6.45) is 0.0808. The highest BCUT2D eigenvalue weighted by Gasteiger charge is 2.29. The summed E-state index contributed by atoms with van der Waals surface area (Å²) in [4.78, 5) is 14.6. The molecule has 0 aliphatic carbocycles. The first-order chi connectivity index (χ1) is 33.9. The van der Waals surface area contributed by atoms with Crippen LogP contribution in [0.1, 0.15) is 75.3 Å². The number of pyridine rings is 1. The molecule has 0 spiro atoms. The van der Waals surface area contributed by atoms with Crippen molar-refractivity contribution in [2.75, 3.05) is 0 Å². The van der Waals surface area contributed by atoms with Crippen LogP contribution >= 0.6 is 0 Å². The standard InChI is InChI=1S/C63H53N5/c1-39(2)44-27-28-49-50-23-16-30-64-61(50)68(57(49)35-44)56-36-45(26-25-41(56)4)51-37-47(63(5,6)46-19-12-8-13-20-46)38-58-60(51)66-62(67(58)48-21-14-9-15-22-48)54-34-43(32-42-17-10-7-11-18-42)33-53-52-31-40(3)24-29-55(52)65-59(53)54/h7-31,33-39,65H,32H2,1-6H3/i32D2. The number of aromatic amines is 1. The summed E-state index contributed by atoms with van der Waals surface area (Å²) in [6.45, 7) is 13.4. The third kappa shape index (κ3) is 6.83. The summed E-state index contributed by atoms with van der Waals surface area (Å²) < 4.78 is 24.1. The van der Waals surface area contributed by atoms with Gasteiger partial charge in [-0.2, -0.15) is 0 Å².